The van der Waals surface area contributed by atoms with Crippen LogP contribution in [-0.2, 0) is 4.74 Å². The molecule has 180 valence electrons. The van der Waals surface area contributed by atoms with Crippen molar-refractivity contribution < 1.29 is 9.47 Å². The average molecular weight is 499 g/mol. The number of aryl methyl sites for hydroxylation is 1. The minimum absolute atomic E-state index is 0.0857. The van der Waals surface area contributed by atoms with Gasteiger partial charge in [0.1, 0.15) is 12.4 Å². The van der Waals surface area contributed by atoms with Crippen LogP contribution in [0.25, 0.3) is 0 Å². The molecule has 1 fully saturated rings. The maximum atomic E-state index is 6.61. The number of thiocarbonyl (C=S) groups is 1. The maximum Gasteiger partial charge on any atom is 0.174 e. The first-order valence-electron chi connectivity index (χ1n) is 11.4. The summed E-state index contributed by atoms with van der Waals surface area (Å²) in [6.45, 7) is 9.68. The van der Waals surface area contributed by atoms with E-state index in [0.29, 0.717) is 35.1 Å². The maximum absolute atomic E-state index is 6.61. The van der Waals surface area contributed by atoms with Gasteiger partial charge >= 0.3 is 0 Å². The summed E-state index contributed by atoms with van der Waals surface area (Å²) in [5, 5.41) is 4.69. The van der Waals surface area contributed by atoms with Crippen LogP contribution in [0.5, 0.6) is 5.75 Å². The molecule has 0 spiro atoms. The molecule has 1 N–H and O–H groups in total. The average Bonchev–Trinajstić information content (AvgIpc) is 3.30. The SMILES string of the molecule is COCCOc1ccc(N2C(=S)N[C@@H](c3ccccn3)[C@H]2c2cc(C)n(C(C)C)c2C)cc1Cl. The van der Waals surface area contributed by atoms with Gasteiger partial charge in [-0.2, -0.15) is 0 Å². The Kier molecular flexibility index (Phi) is 7.45. The van der Waals surface area contributed by atoms with Crippen molar-refractivity contribution in [1.82, 2.24) is 14.9 Å². The van der Waals surface area contributed by atoms with Crippen molar-refractivity contribution in [3.8, 4) is 5.75 Å². The highest BCUT2D eigenvalue weighted by Gasteiger charge is 2.42. The van der Waals surface area contributed by atoms with Crippen LogP contribution < -0.4 is 15.0 Å². The number of anilines is 1. The highest BCUT2D eigenvalue weighted by molar-refractivity contribution is 7.80. The lowest BCUT2D eigenvalue weighted by Crippen LogP contribution is -2.29. The summed E-state index contributed by atoms with van der Waals surface area (Å²) < 4.78 is 13.2. The first-order chi connectivity index (χ1) is 16.3. The Bertz CT molecular complexity index is 1170. The van der Waals surface area contributed by atoms with Crippen LogP contribution in [-0.4, -0.2) is 35.0 Å². The number of methoxy groups -OCH3 is 1. The zero-order valence-electron chi connectivity index (χ0n) is 20.2. The van der Waals surface area contributed by atoms with Gasteiger partial charge in [0.25, 0.3) is 0 Å². The van der Waals surface area contributed by atoms with Gasteiger partial charge in [-0.3, -0.25) is 4.98 Å². The van der Waals surface area contributed by atoms with Gasteiger partial charge in [0, 0.05) is 36.4 Å². The minimum atomic E-state index is -0.105. The van der Waals surface area contributed by atoms with Gasteiger partial charge in [-0.15, -0.1) is 0 Å². The molecule has 3 aromatic rings. The fraction of sp³-hybridized carbons (Fsp3) is 0.385. The molecule has 8 heteroatoms. The highest BCUT2D eigenvalue weighted by atomic mass is 35.5. The highest BCUT2D eigenvalue weighted by Crippen LogP contribution is 2.44. The van der Waals surface area contributed by atoms with Gasteiger partial charge in [-0.25, -0.2) is 0 Å². The number of hydrogen-bond acceptors (Lipinski definition) is 4. The van der Waals surface area contributed by atoms with E-state index in [1.54, 1.807) is 7.11 Å². The van der Waals surface area contributed by atoms with E-state index < -0.39 is 0 Å². The smallest absolute Gasteiger partial charge is 0.174 e. The molecule has 6 nitrogen and oxygen atoms in total. The molecule has 0 saturated carbocycles. The molecule has 2 aromatic heterocycles. The first kappa shape index (κ1) is 24.5. The van der Waals surface area contributed by atoms with Gasteiger partial charge in [0.05, 0.1) is 29.4 Å². The van der Waals surface area contributed by atoms with Gasteiger partial charge in [-0.1, -0.05) is 17.7 Å². The second kappa shape index (κ2) is 10.3. The summed E-state index contributed by atoms with van der Waals surface area (Å²) in [7, 11) is 1.64. The number of nitrogens with one attached hydrogen (secondary N) is 1. The lowest BCUT2D eigenvalue weighted by Gasteiger charge is -2.29. The van der Waals surface area contributed by atoms with Crippen LogP contribution in [0.4, 0.5) is 5.69 Å². The van der Waals surface area contributed by atoms with E-state index >= 15 is 0 Å². The van der Waals surface area contributed by atoms with Gasteiger partial charge in [-0.05, 0) is 81.9 Å². The third-order valence-corrected chi connectivity index (χ3v) is 6.81. The normalized spacial score (nSPS) is 18.0. The Balaban J connectivity index is 1.79. The van der Waals surface area contributed by atoms with Crippen LogP contribution in [0, 0.1) is 13.8 Å². The molecule has 1 aliphatic rings. The molecule has 1 aliphatic heterocycles. The Labute approximate surface area is 211 Å². The minimum Gasteiger partial charge on any atom is -0.490 e. The van der Waals surface area contributed by atoms with Crippen molar-refractivity contribution >= 4 is 34.6 Å². The van der Waals surface area contributed by atoms with Gasteiger partial charge in [0.15, 0.2) is 5.11 Å². The molecular formula is C26H31ClN4O2S. The molecule has 1 aromatic carbocycles. The number of pyridine rings is 1. The third kappa shape index (κ3) is 4.65. The number of benzene rings is 1. The molecule has 3 heterocycles. The van der Waals surface area contributed by atoms with Crippen molar-refractivity contribution in [2.45, 2.75) is 45.8 Å². The summed E-state index contributed by atoms with van der Waals surface area (Å²) in [6.07, 6.45) is 1.82. The number of hydrogen-bond donors (Lipinski definition) is 1. The van der Waals surface area contributed by atoms with Crippen molar-refractivity contribution in [3.63, 3.8) is 0 Å². The van der Waals surface area contributed by atoms with Crippen molar-refractivity contribution in [1.29, 1.82) is 0 Å². The topological polar surface area (TPSA) is 51.6 Å². The van der Waals surface area contributed by atoms with E-state index in [0.717, 1.165) is 11.4 Å². The fourth-order valence-electron chi connectivity index (χ4n) is 4.84. The van der Waals surface area contributed by atoms with Crippen molar-refractivity contribution in [3.05, 3.63) is 76.3 Å². The summed E-state index contributed by atoms with van der Waals surface area (Å²) in [5.41, 5.74) is 5.50. The Morgan fingerprint density at radius 2 is 1.94 bits per heavy atom. The summed E-state index contributed by atoms with van der Waals surface area (Å²) in [6, 6.07) is 14.2. The molecule has 0 radical (unpaired) electrons. The Morgan fingerprint density at radius 1 is 1.15 bits per heavy atom. The Hall–Kier alpha value is -2.61. The van der Waals surface area contributed by atoms with Crippen LogP contribution >= 0.6 is 23.8 Å². The fourth-order valence-corrected chi connectivity index (χ4v) is 5.41. The molecule has 34 heavy (non-hydrogen) atoms. The summed E-state index contributed by atoms with van der Waals surface area (Å²) in [5.74, 6) is 0.622. The van der Waals surface area contributed by atoms with E-state index in [4.69, 9.17) is 33.3 Å². The molecule has 0 amide bonds. The predicted molar refractivity (Wildman–Crippen MR) is 141 cm³/mol. The van der Waals surface area contributed by atoms with E-state index in [-0.39, 0.29) is 12.1 Å². The number of aromatic nitrogens is 2. The van der Waals surface area contributed by atoms with Crippen molar-refractivity contribution in [2.75, 3.05) is 25.2 Å². The molecule has 0 unspecified atom stereocenters. The summed E-state index contributed by atoms with van der Waals surface area (Å²) >= 11 is 12.5. The molecule has 2 atom stereocenters. The second-order valence-corrected chi connectivity index (χ2v) is 9.54. The van der Waals surface area contributed by atoms with E-state index in [2.05, 4.69) is 53.5 Å². The van der Waals surface area contributed by atoms with Gasteiger partial charge < -0.3 is 24.3 Å². The predicted octanol–water partition coefficient (Wildman–Crippen LogP) is 5.94. The van der Waals surface area contributed by atoms with Crippen LogP contribution in [0.3, 0.4) is 0 Å². The largest absolute Gasteiger partial charge is 0.490 e. The zero-order valence-corrected chi connectivity index (χ0v) is 21.8. The molecule has 1 saturated heterocycles. The van der Waals surface area contributed by atoms with E-state index in [1.165, 1.54) is 17.0 Å². The molecule has 0 bridgehead atoms. The molecular weight excluding hydrogens is 468 g/mol. The van der Waals surface area contributed by atoms with Crippen molar-refractivity contribution in [2.24, 2.45) is 0 Å². The number of halogens is 1. The lowest BCUT2D eigenvalue weighted by molar-refractivity contribution is 0.146. The molecule has 0 aliphatic carbocycles. The van der Waals surface area contributed by atoms with E-state index in [1.807, 2.05) is 42.6 Å². The van der Waals surface area contributed by atoms with E-state index in [9.17, 15) is 0 Å². The standard InChI is InChI=1S/C26H31ClN4O2S/c1-16(2)30-17(3)14-20(18(30)4)25-24(22-8-6-7-11-28-22)29-26(34)31(25)19-9-10-23(21(27)15-19)33-13-12-32-5/h6-11,14-16,24-25H,12-13H2,1-5H3,(H,29,34)/t24-,25+/m0/s1. The Morgan fingerprint density at radius 3 is 2.56 bits per heavy atom. The summed E-state index contributed by atoms with van der Waals surface area (Å²) in [4.78, 5) is 6.80. The molecule has 4 rings (SSSR count). The number of nitrogens with zero attached hydrogens (tertiary/aromatic N) is 3. The lowest BCUT2D eigenvalue weighted by atomic mass is 9.96. The number of rotatable bonds is 8. The quantitative estimate of drug-likeness (QED) is 0.306. The number of ether oxygens (including phenoxy) is 2. The monoisotopic (exact) mass is 498 g/mol. The van der Waals surface area contributed by atoms with Gasteiger partial charge in [0.2, 0.25) is 0 Å². The van der Waals surface area contributed by atoms with Crippen LogP contribution in [0.1, 0.15) is 54.6 Å². The second-order valence-electron chi connectivity index (χ2n) is 8.74. The van der Waals surface area contributed by atoms with Crippen LogP contribution in [0.15, 0.2) is 48.7 Å². The zero-order chi connectivity index (χ0) is 24.4. The van der Waals surface area contributed by atoms with Crippen LogP contribution in [0.2, 0.25) is 5.02 Å². The third-order valence-electron chi connectivity index (χ3n) is 6.20. The first-order valence-corrected chi connectivity index (χ1v) is 12.2.